The molecule has 7 heteroatoms. The molecule has 0 unspecified atom stereocenters. The van der Waals surface area contributed by atoms with Gasteiger partial charge in [0, 0.05) is 5.69 Å². The topological polar surface area (TPSA) is 75.6 Å². The number of rotatable bonds is 6. The molecule has 23 heavy (non-hydrogen) atoms. The Morgan fingerprint density at radius 2 is 2.22 bits per heavy atom. The number of imidazole rings is 2. The summed E-state index contributed by atoms with van der Waals surface area (Å²) in [6, 6.07) is 7.90. The fraction of sp³-hybridized carbons (Fsp3) is 0.312. The molecule has 0 aliphatic rings. The Bertz CT molecular complexity index is 823. The monoisotopic (exact) mass is 329 g/mol. The zero-order chi connectivity index (χ0) is 16.2. The summed E-state index contributed by atoms with van der Waals surface area (Å²) < 4.78 is 1.98. The molecule has 0 saturated carbocycles. The SMILES string of the molecule is CSCc1nc2ccccc2n1CC(=O)NCc1nc[nH]c1C. The van der Waals surface area contributed by atoms with Crippen molar-refractivity contribution >= 4 is 28.7 Å². The van der Waals surface area contributed by atoms with Gasteiger partial charge in [0.25, 0.3) is 0 Å². The quantitative estimate of drug-likeness (QED) is 0.727. The molecule has 0 atom stereocenters. The summed E-state index contributed by atoms with van der Waals surface area (Å²) in [5.41, 5.74) is 3.75. The number of para-hydroxylation sites is 2. The van der Waals surface area contributed by atoms with Gasteiger partial charge in [-0.2, -0.15) is 11.8 Å². The molecule has 3 rings (SSSR count). The van der Waals surface area contributed by atoms with Gasteiger partial charge in [-0.25, -0.2) is 9.97 Å². The van der Waals surface area contributed by atoms with Crippen molar-refractivity contribution in [3.05, 3.63) is 47.8 Å². The minimum absolute atomic E-state index is 0.0436. The summed E-state index contributed by atoms with van der Waals surface area (Å²) in [5, 5.41) is 2.92. The molecule has 2 heterocycles. The van der Waals surface area contributed by atoms with Gasteiger partial charge < -0.3 is 14.9 Å². The second-order valence-corrected chi connectivity index (χ2v) is 6.15. The maximum atomic E-state index is 12.3. The van der Waals surface area contributed by atoms with Crippen LogP contribution in [-0.4, -0.2) is 31.7 Å². The van der Waals surface area contributed by atoms with Crippen LogP contribution in [0.2, 0.25) is 0 Å². The molecule has 0 spiro atoms. The summed E-state index contributed by atoms with van der Waals surface area (Å²) in [5.74, 6) is 1.66. The van der Waals surface area contributed by atoms with E-state index >= 15 is 0 Å². The molecule has 2 aromatic heterocycles. The van der Waals surface area contributed by atoms with Gasteiger partial charge in [-0.15, -0.1) is 0 Å². The van der Waals surface area contributed by atoms with E-state index in [-0.39, 0.29) is 12.5 Å². The van der Waals surface area contributed by atoms with Crippen molar-refractivity contribution in [3.63, 3.8) is 0 Å². The lowest BCUT2D eigenvalue weighted by atomic mass is 10.3. The Morgan fingerprint density at radius 1 is 1.39 bits per heavy atom. The Balaban J connectivity index is 1.76. The van der Waals surface area contributed by atoms with Crippen molar-refractivity contribution in [2.75, 3.05) is 6.26 Å². The van der Waals surface area contributed by atoms with E-state index in [0.29, 0.717) is 6.54 Å². The van der Waals surface area contributed by atoms with Crippen LogP contribution in [0.4, 0.5) is 0 Å². The summed E-state index contributed by atoms with van der Waals surface area (Å²) in [6.45, 7) is 2.63. The molecule has 0 fully saturated rings. The molecular weight excluding hydrogens is 310 g/mol. The van der Waals surface area contributed by atoms with Gasteiger partial charge in [0.2, 0.25) is 5.91 Å². The summed E-state index contributed by atoms with van der Waals surface area (Å²) in [6.07, 6.45) is 3.67. The van der Waals surface area contributed by atoms with Gasteiger partial charge >= 0.3 is 0 Å². The van der Waals surface area contributed by atoms with E-state index in [2.05, 4.69) is 20.3 Å². The zero-order valence-corrected chi connectivity index (χ0v) is 14.0. The molecule has 0 aliphatic carbocycles. The maximum absolute atomic E-state index is 12.3. The van der Waals surface area contributed by atoms with E-state index in [1.54, 1.807) is 18.1 Å². The number of aromatic nitrogens is 4. The highest BCUT2D eigenvalue weighted by atomic mass is 32.2. The highest BCUT2D eigenvalue weighted by molar-refractivity contribution is 7.97. The number of benzene rings is 1. The molecule has 0 radical (unpaired) electrons. The number of aromatic amines is 1. The minimum atomic E-state index is -0.0436. The molecule has 0 aliphatic heterocycles. The van der Waals surface area contributed by atoms with Gasteiger partial charge in [-0.3, -0.25) is 4.79 Å². The molecule has 2 N–H and O–H groups in total. The second-order valence-electron chi connectivity index (χ2n) is 5.29. The highest BCUT2D eigenvalue weighted by Gasteiger charge is 2.13. The van der Waals surface area contributed by atoms with Crippen molar-refractivity contribution < 1.29 is 4.79 Å². The Kier molecular flexibility index (Phi) is 4.66. The average Bonchev–Trinajstić information content (AvgIpc) is 3.10. The van der Waals surface area contributed by atoms with E-state index in [4.69, 9.17) is 0 Å². The van der Waals surface area contributed by atoms with Crippen molar-refractivity contribution in [3.8, 4) is 0 Å². The Labute approximate surface area is 138 Å². The number of hydrogen-bond acceptors (Lipinski definition) is 4. The molecule has 3 aromatic rings. The predicted octanol–water partition coefficient (Wildman–Crippen LogP) is 2.25. The maximum Gasteiger partial charge on any atom is 0.240 e. The van der Waals surface area contributed by atoms with Crippen molar-refractivity contribution in [1.82, 2.24) is 24.8 Å². The number of H-pyrrole nitrogens is 1. The first-order chi connectivity index (χ1) is 11.2. The summed E-state index contributed by atoms with van der Waals surface area (Å²) >= 11 is 1.70. The van der Waals surface area contributed by atoms with Crippen LogP contribution in [0.3, 0.4) is 0 Å². The lowest BCUT2D eigenvalue weighted by molar-refractivity contribution is -0.121. The van der Waals surface area contributed by atoms with Crippen LogP contribution in [0.15, 0.2) is 30.6 Å². The fourth-order valence-corrected chi connectivity index (χ4v) is 2.97. The third-order valence-electron chi connectivity index (χ3n) is 3.70. The second kappa shape index (κ2) is 6.87. The number of thioether (sulfide) groups is 1. The number of hydrogen-bond donors (Lipinski definition) is 2. The van der Waals surface area contributed by atoms with Gasteiger partial charge in [0.1, 0.15) is 12.4 Å². The Morgan fingerprint density at radius 3 is 2.96 bits per heavy atom. The number of nitrogens with one attached hydrogen (secondary N) is 2. The first-order valence-corrected chi connectivity index (χ1v) is 8.77. The van der Waals surface area contributed by atoms with E-state index in [0.717, 1.165) is 34.0 Å². The number of fused-ring (bicyclic) bond motifs is 1. The van der Waals surface area contributed by atoms with Gasteiger partial charge in [0.05, 0.1) is 35.4 Å². The number of amides is 1. The molecule has 120 valence electrons. The molecule has 1 amide bonds. The van der Waals surface area contributed by atoms with E-state index in [1.807, 2.05) is 42.0 Å². The third-order valence-corrected chi connectivity index (χ3v) is 4.24. The van der Waals surface area contributed by atoms with Crippen molar-refractivity contribution in [1.29, 1.82) is 0 Å². The van der Waals surface area contributed by atoms with Crippen molar-refractivity contribution in [2.24, 2.45) is 0 Å². The van der Waals surface area contributed by atoms with Crippen LogP contribution < -0.4 is 5.32 Å². The largest absolute Gasteiger partial charge is 0.349 e. The lowest BCUT2D eigenvalue weighted by Crippen LogP contribution is -2.28. The predicted molar refractivity (Wildman–Crippen MR) is 92.1 cm³/mol. The van der Waals surface area contributed by atoms with Crippen LogP contribution in [0.25, 0.3) is 11.0 Å². The fourth-order valence-electron chi connectivity index (χ4n) is 2.49. The molecule has 0 saturated heterocycles. The number of carbonyl (C=O) groups is 1. The highest BCUT2D eigenvalue weighted by Crippen LogP contribution is 2.18. The van der Waals surface area contributed by atoms with Gasteiger partial charge in [-0.1, -0.05) is 12.1 Å². The van der Waals surface area contributed by atoms with E-state index in [1.165, 1.54) is 0 Å². The van der Waals surface area contributed by atoms with Gasteiger partial charge in [-0.05, 0) is 25.3 Å². The lowest BCUT2D eigenvalue weighted by Gasteiger charge is -2.09. The molecule has 0 bridgehead atoms. The number of nitrogens with zero attached hydrogens (tertiary/aromatic N) is 3. The van der Waals surface area contributed by atoms with E-state index < -0.39 is 0 Å². The summed E-state index contributed by atoms with van der Waals surface area (Å²) in [4.78, 5) is 24.1. The number of carbonyl (C=O) groups excluding carboxylic acids is 1. The molecule has 1 aromatic carbocycles. The normalized spacial score (nSPS) is 11.0. The minimum Gasteiger partial charge on any atom is -0.349 e. The van der Waals surface area contributed by atoms with Crippen LogP contribution in [0.1, 0.15) is 17.2 Å². The molecule has 6 nitrogen and oxygen atoms in total. The first-order valence-electron chi connectivity index (χ1n) is 7.37. The standard InChI is InChI=1S/C16H19N5OS/c1-11-13(19-10-18-11)7-17-16(22)8-21-14-6-4-3-5-12(14)20-15(21)9-23-2/h3-6,10H,7-9H2,1-2H3,(H,17,22)(H,18,19). The van der Waals surface area contributed by atoms with Crippen molar-refractivity contribution in [2.45, 2.75) is 25.8 Å². The van der Waals surface area contributed by atoms with Crippen LogP contribution >= 0.6 is 11.8 Å². The van der Waals surface area contributed by atoms with E-state index in [9.17, 15) is 4.79 Å². The van der Waals surface area contributed by atoms with Crippen LogP contribution in [-0.2, 0) is 23.6 Å². The summed E-state index contributed by atoms with van der Waals surface area (Å²) in [7, 11) is 0. The smallest absolute Gasteiger partial charge is 0.240 e. The number of aryl methyl sites for hydroxylation is 1. The first kappa shape index (κ1) is 15.6. The van der Waals surface area contributed by atoms with Gasteiger partial charge in [0.15, 0.2) is 0 Å². The average molecular weight is 329 g/mol. The Hall–Kier alpha value is -2.28. The van der Waals surface area contributed by atoms with Crippen LogP contribution in [0, 0.1) is 6.92 Å². The molecular formula is C16H19N5OS. The zero-order valence-electron chi connectivity index (χ0n) is 13.2. The third kappa shape index (κ3) is 3.39. The van der Waals surface area contributed by atoms with Crippen LogP contribution in [0.5, 0.6) is 0 Å².